The first-order chi connectivity index (χ1) is 9.00. The van der Waals surface area contributed by atoms with E-state index in [2.05, 4.69) is 9.97 Å². The number of nitrogens with zero attached hydrogens (tertiary/aromatic N) is 2. The normalized spacial score (nSPS) is 18.5. The summed E-state index contributed by atoms with van der Waals surface area (Å²) in [4.78, 5) is 16.7. The van der Waals surface area contributed by atoms with Crippen LogP contribution in [0.15, 0.2) is 17.6 Å². The van der Waals surface area contributed by atoms with E-state index in [1.165, 1.54) is 16.8 Å². The van der Waals surface area contributed by atoms with Gasteiger partial charge >= 0.3 is 5.97 Å². The number of nitrogens with one attached hydrogen (secondary N) is 1. The molecule has 0 bridgehead atoms. The third-order valence-electron chi connectivity index (χ3n) is 2.93. The zero-order valence-electron chi connectivity index (χ0n) is 10.2. The van der Waals surface area contributed by atoms with E-state index in [0.29, 0.717) is 25.9 Å². The lowest BCUT2D eigenvalue weighted by atomic mass is 10.1. The summed E-state index contributed by atoms with van der Waals surface area (Å²) in [5, 5.41) is 8.58. The van der Waals surface area contributed by atoms with Crippen molar-refractivity contribution in [1.29, 1.82) is 0 Å². The molecule has 0 amide bonds. The molecule has 0 aliphatic carbocycles. The van der Waals surface area contributed by atoms with Crippen molar-refractivity contribution in [1.82, 2.24) is 14.3 Å². The molecule has 2 heterocycles. The summed E-state index contributed by atoms with van der Waals surface area (Å²) < 4.78 is 30.8. The molecule has 1 saturated heterocycles. The molecule has 0 atom stereocenters. The van der Waals surface area contributed by atoms with Gasteiger partial charge in [0.2, 0.25) is 0 Å². The maximum absolute atomic E-state index is 12.1. The van der Waals surface area contributed by atoms with Crippen molar-refractivity contribution in [3.05, 3.63) is 12.5 Å². The van der Waals surface area contributed by atoms with Crippen molar-refractivity contribution >= 4 is 16.0 Å². The predicted molar refractivity (Wildman–Crippen MR) is 64.0 cm³/mol. The van der Waals surface area contributed by atoms with E-state index < -0.39 is 16.0 Å². The summed E-state index contributed by atoms with van der Waals surface area (Å²) in [5.74, 6) is -1.02. The molecule has 1 aromatic rings. The Kier molecular flexibility index (Phi) is 4.17. The maximum Gasteiger partial charge on any atom is 0.329 e. The molecule has 0 saturated carbocycles. The predicted octanol–water partition coefficient (Wildman–Crippen LogP) is -0.336. The first-order valence-electron chi connectivity index (χ1n) is 5.82. The topological polar surface area (TPSA) is 113 Å². The average molecular weight is 289 g/mol. The molecule has 0 unspecified atom stereocenters. The molecule has 0 radical (unpaired) electrons. The lowest BCUT2D eigenvalue weighted by Gasteiger charge is -2.30. The van der Waals surface area contributed by atoms with Crippen LogP contribution in [-0.4, -0.2) is 59.6 Å². The third kappa shape index (κ3) is 3.31. The first-order valence-corrected chi connectivity index (χ1v) is 7.26. The minimum Gasteiger partial charge on any atom is -0.480 e. The average Bonchev–Trinajstić information content (AvgIpc) is 2.91. The molecule has 2 rings (SSSR count). The molecule has 0 aromatic carbocycles. The van der Waals surface area contributed by atoms with E-state index in [1.54, 1.807) is 0 Å². The van der Waals surface area contributed by atoms with Crippen LogP contribution in [0.4, 0.5) is 0 Å². The van der Waals surface area contributed by atoms with E-state index >= 15 is 0 Å². The van der Waals surface area contributed by atoms with Crippen LogP contribution >= 0.6 is 0 Å². The van der Waals surface area contributed by atoms with Crippen molar-refractivity contribution in [2.24, 2.45) is 0 Å². The van der Waals surface area contributed by atoms with Gasteiger partial charge in [0.1, 0.15) is 6.61 Å². The second-order valence-electron chi connectivity index (χ2n) is 4.22. The number of aromatic nitrogens is 2. The second-order valence-corrected chi connectivity index (χ2v) is 6.13. The molecule has 9 heteroatoms. The molecule has 1 aromatic heterocycles. The van der Waals surface area contributed by atoms with Crippen LogP contribution in [0.25, 0.3) is 0 Å². The van der Waals surface area contributed by atoms with E-state index in [-0.39, 0.29) is 17.7 Å². The van der Waals surface area contributed by atoms with Crippen molar-refractivity contribution in [3.8, 4) is 0 Å². The van der Waals surface area contributed by atoms with Gasteiger partial charge in [-0.3, -0.25) is 0 Å². The fraction of sp³-hybridized carbons (Fsp3) is 0.600. The molecular formula is C10H15N3O5S. The second kappa shape index (κ2) is 5.68. The first kappa shape index (κ1) is 14.0. The highest BCUT2D eigenvalue weighted by molar-refractivity contribution is 7.89. The fourth-order valence-corrected chi connectivity index (χ4v) is 3.32. The lowest BCUT2D eigenvalue weighted by molar-refractivity contribution is -0.145. The number of sulfonamides is 1. The summed E-state index contributed by atoms with van der Waals surface area (Å²) in [5.41, 5.74) is 0. The van der Waals surface area contributed by atoms with E-state index in [0.717, 1.165) is 0 Å². The molecule has 2 N–H and O–H groups in total. The van der Waals surface area contributed by atoms with Gasteiger partial charge in [0.05, 0.1) is 18.6 Å². The lowest BCUT2D eigenvalue weighted by Crippen LogP contribution is -2.41. The van der Waals surface area contributed by atoms with Gasteiger partial charge < -0.3 is 14.8 Å². The number of ether oxygens (including phenoxy) is 1. The number of piperidine rings is 1. The van der Waals surface area contributed by atoms with Crippen LogP contribution < -0.4 is 0 Å². The quantitative estimate of drug-likeness (QED) is 0.767. The molecule has 106 valence electrons. The Balaban J connectivity index is 1.91. The van der Waals surface area contributed by atoms with E-state index in [1.807, 2.05) is 0 Å². The van der Waals surface area contributed by atoms with E-state index in [9.17, 15) is 13.2 Å². The largest absolute Gasteiger partial charge is 0.480 e. The van der Waals surface area contributed by atoms with Gasteiger partial charge in [0.25, 0.3) is 10.0 Å². The Morgan fingerprint density at radius 1 is 1.53 bits per heavy atom. The summed E-state index contributed by atoms with van der Waals surface area (Å²) in [6.07, 6.45) is 3.35. The highest BCUT2D eigenvalue weighted by Gasteiger charge is 2.30. The summed E-state index contributed by atoms with van der Waals surface area (Å²) in [7, 11) is -3.53. The van der Waals surface area contributed by atoms with Gasteiger partial charge in [-0.2, -0.15) is 4.31 Å². The standard InChI is InChI=1S/C10H15N3O5S/c14-10(15)6-18-8-1-3-13(4-2-8)19(16,17)9-5-11-7-12-9/h5,7-8H,1-4,6H2,(H,11,12)(H,14,15). The van der Waals surface area contributed by atoms with Crippen LogP contribution in [0.1, 0.15) is 12.8 Å². The Labute approximate surface area is 110 Å². The van der Waals surface area contributed by atoms with Gasteiger partial charge in [-0.1, -0.05) is 0 Å². The Morgan fingerprint density at radius 2 is 2.21 bits per heavy atom. The van der Waals surface area contributed by atoms with Crippen LogP contribution in [0, 0.1) is 0 Å². The van der Waals surface area contributed by atoms with Gasteiger partial charge in [-0.05, 0) is 12.8 Å². The number of hydrogen-bond acceptors (Lipinski definition) is 5. The highest BCUT2D eigenvalue weighted by Crippen LogP contribution is 2.20. The van der Waals surface area contributed by atoms with Gasteiger partial charge in [-0.15, -0.1) is 0 Å². The third-order valence-corrected chi connectivity index (χ3v) is 4.76. The number of hydrogen-bond donors (Lipinski definition) is 2. The SMILES string of the molecule is O=C(O)COC1CCN(S(=O)(=O)c2cnc[nH]2)CC1. The highest BCUT2D eigenvalue weighted by atomic mass is 32.2. The molecule has 0 spiro atoms. The molecule has 1 aliphatic rings. The van der Waals surface area contributed by atoms with Crippen LogP contribution in [0.5, 0.6) is 0 Å². The van der Waals surface area contributed by atoms with Crippen molar-refractivity contribution in [3.63, 3.8) is 0 Å². The zero-order valence-corrected chi connectivity index (χ0v) is 11.0. The van der Waals surface area contributed by atoms with Crippen molar-refractivity contribution < 1.29 is 23.1 Å². The van der Waals surface area contributed by atoms with Crippen molar-refractivity contribution in [2.75, 3.05) is 19.7 Å². The van der Waals surface area contributed by atoms with Crippen LogP contribution in [0.3, 0.4) is 0 Å². The Hall–Kier alpha value is -1.45. The monoisotopic (exact) mass is 289 g/mol. The minimum atomic E-state index is -3.53. The summed E-state index contributed by atoms with van der Waals surface area (Å²) >= 11 is 0. The van der Waals surface area contributed by atoms with Crippen LogP contribution in [-0.2, 0) is 19.6 Å². The number of imidazole rings is 1. The van der Waals surface area contributed by atoms with E-state index in [4.69, 9.17) is 9.84 Å². The van der Waals surface area contributed by atoms with Gasteiger partial charge in [0.15, 0.2) is 5.03 Å². The number of aromatic amines is 1. The number of carboxylic acid groups (broad SMARTS) is 1. The number of carboxylic acids is 1. The Morgan fingerprint density at radius 3 is 2.74 bits per heavy atom. The summed E-state index contributed by atoms with van der Waals surface area (Å²) in [6.45, 7) is 0.273. The molecule has 1 fully saturated rings. The van der Waals surface area contributed by atoms with Gasteiger partial charge in [0, 0.05) is 13.1 Å². The number of aliphatic carboxylic acids is 1. The molecular weight excluding hydrogens is 274 g/mol. The molecule has 1 aliphatic heterocycles. The summed E-state index contributed by atoms with van der Waals surface area (Å²) in [6, 6.07) is 0. The van der Waals surface area contributed by atoms with Crippen LogP contribution in [0.2, 0.25) is 0 Å². The number of H-pyrrole nitrogens is 1. The molecule has 8 nitrogen and oxygen atoms in total. The number of carbonyl (C=O) groups is 1. The smallest absolute Gasteiger partial charge is 0.329 e. The molecule has 19 heavy (non-hydrogen) atoms. The minimum absolute atomic E-state index is 0.0670. The fourth-order valence-electron chi connectivity index (χ4n) is 1.95. The van der Waals surface area contributed by atoms with Crippen molar-refractivity contribution in [2.45, 2.75) is 24.0 Å². The zero-order chi connectivity index (χ0) is 13.9. The maximum atomic E-state index is 12.1. The Bertz CT molecular complexity index is 519. The van der Waals surface area contributed by atoms with Gasteiger partial charge in [-0.25, -0.2) is 18.2 Å². The number of rotatable bonds is 5.